The molecule has 16 atom stereocenters. The lowest BCUT2D eigenvalue weighted by molar-refractivity contribution is -0.370. The van der Waals surface area contributed by atoms with Gasteiger partial charge in [-0.25, -0.2) is 0 Å². The number of hydrogen-bond donors (Lipinski definition) is 0. The Kier molecular flexibility index (Phi) is 11.1. The van der Waals surface area contributed by atoms with Crippen LogP contribution in [0.5, 0.6) is 0 Å². The van der Waals surface area contributed by atoms with Gasteiger partial charge in [-0.15, -0.1) is 0 Å². The molecule has 11 heteroatoms. The number of rotatable bonds is 8. The first-order valence-corrected chi connectivity index (χ1v) is 21.1. The minimum absolute atomic E-state index is 0.0222. The second kappa shape index (κ2) is 16.3. The molecule has 8 aliphatic heterocycles. The summed E-state index contributed by atoms with van der Waals surface area (Å²) in [6.07, 6.45) is 8.23. The van der Waals surface area contributed by atoms with Crippen LogP contribution >= 0.6 is 0 Å². The molecule has 0 N–H and O–H groups in total. The van der Waals surface area contributed by atoms with Crippen molar-refractivity contribution in [3.8, 4) is 0 Å². The van der Waals surface area contributed by atoms with Gasteiger partial charge in [0.2, 0.25) is 0 Å². The fourth-order valence-electron chi connectivity index (χ4n) is 10.8. The molecule has 0 aliphatic carbocycles. The van der Waals surface area contributed by atoms with E-state index in [1.165, 1.54) is 0 Å². The topological polar surface area (TPSA) is 102 Å². The summed E-state index contributed by atoms with van der Waals surface area (Å²) in [4.78, 5) is 0. The molecule has 55 heavy (non-hydrogen) atoms. The van der Waals surface area contributed by atoms with Crippen molar-refractivity contribution in [2.24, 2.45) is 0 Å². The van der Waals surface area contributed by atoms with Gasteiger partial charge >= 0.3 is 0 Å². The van der Waals surface area contributed by atoms with E-state index in [1.807, 2.05) is 36.4 Å². The lowest BCUT2D eigenvalue weighted by atomic mass is 9.84. The highest BCUT2D eigenvalue weighted by Gasteiger charge is 2.59. The molecule has 0 saturated carbocycles. The summed E-state index contributed by atoms with van der Waals surface area (Å²) in [6.45, 7) is 2.27. The predicted octanol–water partition coefficient (Wildman–Crippen LogP) is 5.82. The number of benzene rings is 2. The van der Waals surface area contributed by atoms with E-state index in [4.69, 9.17) is 52.1 Å². The maximum absolute atomic E-state index is 7.05. The normalized spacial score (nSPS) is 45.1. The lowest BCUT2D eigenvalue weighted by Crippen LogP contribution is -2.64. The fourth-order valence-corrected chi connectivity index (χ4v) is 10.8. The van der Waals surface area contributed by atoms with E-state index < -0.39 is 5.79 Å². The van der Waals surface area contributed by atoms with E-state index in [9.17, 15) is 0 Å². The molecule has 8 saturated heterocycles. The first kappa shape index (κ1) is 37.3. The summed E-state index contributed by atoms with van der Waals surface area (Å²) in [5.41, 5.74) is 2.26. The summed E-state index contributed by atoms with van der Waals surface area (Å²) < 4.78 is 73.4. The van der Waals surface area contributed by atoms with Crippen molar-refractivity contribution >= 4 is 0 Å². The Labute approximate surface area is 324 Å². The van der Waals surface area contributed by atoms with Gasteiger partial charge in [0.25, 0.3) is 0 Å². The van der Waals surface area contributed by atoms with Crippen LogP contribution in [0.4, 0.5) is 0 Å². The first-order valence-electron chi connectivity index (χ1n) is 21.1. The Balaban J connectivity index is 0.809. The average molecular weight is 763 g/mol. The maximum atomic E-state index is 7.05. The minimum Gasteiger partial charge on any atom is -0.375 e. The third-order valence-corrected chi connectivity index (χ3v) is 13.7. The van der Waals surface area contributed by atoms with Crippen LogP contribution < -0.4 is 0 Å². The maximum Gasteiger partial charge on any atom is 0.195 e. The third-order valence-electron chi connectivity index (χ3n) is 13.7. The zero-order valence-electron chi connectivity index (χ0n) is 32.0. The molecule has 0 spiro atoms. The van der Waals surface area contributed by atoms with Crippen molar-refractivity contribution in [1.82, 2.24) is 0 Å². The van der Waals surface area contributed by atoms with E-state index in [-0.39, 0.29) is 91.6 Å². The number of ether oxygens (including phenoxy) is 11. The van der Waals surface area contributed by atoms with Crippen LogP contribution in [0.1, 0.15) is 81.8 Å². The van der Waals surface area contributed by atoms with Crippen LogP contribution in [0, 0.1) is 0 Å². The van der Waals surface area contributed by atoms with Gasteiger partial charge in [-0.05, 0) is 43.2 Å². The Morgan fingerprint density at radius 2 is 1.15 bits per heavy atom. The average Bonchev–Trinajstić information content (AvgIpc) is 3.49. The summed E-state index contributed by atoms with van der Waals surface area (Å²) in [7, 11) is 1.75. The molecule has 8 heterocycles. The van der Waals surface area contributed by atoms with E-state index >= 15 is 0 Å². The lowest BCUT2D eigenvalue weighted by Gasteiger charge is -2.54. The van der Waals surface area contributed by atoms with Crippen molar-refractivity contribution < 1.29 is 52.1 Å². The zero-order valence-corrected chi connectivity index (χ0v) is 32.0. The summed E-state index contributed by atoms with van der Waals surface area (Å²) >= 11 is 0. The van der Waals surface area contributed by atoms with E-state index in [2.05, 4.69) is 24.3 Å². The molecule has 8 aliphatic rings. The van der Waals surface area contributed by atoms with Crippen LogP contribution in [-0.4, -0.2) is 118 Å². The summed E-state index contributed by atoms with van der Waals surface area (Å²) in [5, 5.41) is 0. The van der Waals surface area contributed by atoms with E-state index in [0.29, 0.717) is 39.1 Å². The van der Waals surface area contributed by atoms with Crippen molar-refractivity contribution in [2.45, 2.75) is 181 Å². The molecule has 0 radical (unpaired) electrons. The molecular weight excluding hydrogens is 704 g/mol. The van der Waals surface area contributed by atoms with Gasteiger partial charge in [-0.3, -0.25) is 0 Å². The Morgan fingerprint density at radius 1 is 0.564 bits per heavy atom. The van der Waals surface area contributed by atoms with Gasteiger partial charge in [-0.1, -0.05) is 60.7 Å². The van der Waals surface area contributed by atoms with Crippen LogP contribution in [-0.2, 0) is 65.3 Å². The molecule has 2 aromatic rings. The fraction of sp³-hybridized carbons (Fsp3) is 0.727. The Bertz CT molecular complexity index is 1550. The standard InChI is InChI=1S/C44H58O11/c1-45-44-17-16-32-37(21-36-31(50-32)15-14-30-35(51-36)19-33-29(49-30)13-8-18-47-33)54-43(44)23-40-41(55-44)22-39-38(52-40)20-34(48-25-28-11-6-3-7-12-28)42(53-39)26-46-24-27-9-4-2-5-10-27/h2-7,9-12,29-43H,8,13-26H2,1H3/t29-,30+,31-,32+,33+,34-,35-,36+,37-,38+,39-,40-,41+,42+,43+,44-/m0/s1. The van der Waals surface area contributed by atoms with Gasteiger partial charge in [0.05, 0.1) is 99.2 Å². The second-order valence-electron chi connectivity index (χ2n) is 17.1. The molecule has 11 nitrogen and oxygen atoms in total. The monoisotopic (exact) mass is 762 g/mol. The minimum atomic E-state index is -0.884. The SMILES string of the molecule is CO[C@]12CC[C@H]3O[C@H]4CC[C@H]5O[C@H]6CCCO[C@@H]6C[C@@H]5O[C@@H]4C[C@@H]3O[C@@H]1C[C@@H]1O[C@@H]3C[C@H](OCc4ccccc4)[C@@H](COCc4ccccc4)O[C@H]3C[C@H]1O2. The molecular formula is C44H58O11. The molecule has 0 aromatic heterocycles. The van der Waals surface area contributed by atoms with Crippen LogP contribution in [0.3, 0.4) is 0 Å². The van der Waals surface area contributed by atoms with Crippen molar-refractivity contribution in [1.29, 1.82) is 0 Å². The molecule has 2 aromatic carbocycles. The number of fused-ring (bicyclic) bond motifs is 7. The first-order chi connectivity index (χ1) is 27.1. The quantitative estimate of drug-likeness (QED) is 0.325. The molecule has 300 valence electrons. The van der Waals surface area contributed by atoms with Crippen LogP contribution in [0.25, 0.3) is 0 Å². The van der Waals surface area contributed by atoms with E-state index in [1.54, 1.807) is 7.11 Å². The highest BCUT2D eigenvalue weighted by Crippen LogP contribution is 2.48. The molecule has 0 bridgehead atoms. The molecule has 0 amide bonds. The highest BCUT2D eigenvalue weighted by molar-refractivity contribution is 5.14. The van der Waals surface area contributed by atoms with Crippen molar-refractivity contribution in [2.75, 3.05) is 20.3 Å². The largest absolute Gasteiger partial charge is 0.375 e. The van der Waals surface area contributed by atoms with Gasteiger partial charge in [-0.2, -0.15) is 0 Å². The van der Waals surface area contributed by atoms with Gasteiger partial charge in [0.15, 0.2) is 5.79 Å². The smallest absolute Gasteiger partial charge is 0.195 e. The van der Waals surface area contributed by atoms with Crippen molar-refractivity contribution in [3.05, 3.63) is 71.8 Å². The molecule has 0 unspecified atom stereocenters. The van der Waals surface area contributed by atoms with Crippen molar-refractivity contribution in [3.63, 3.8) is 0 Å². The van der Waals surface area contributed by atoms with E-state index in [0.717, 1.165) is 69.1 Å². The summed E-state index contributed by atoms with van der Waals surface area (Å²) in [6, 6.07) is 20.5. The molecule has 10 rings (SSSR count). The highest BCUT2D eigenvalue weighted by atomic mass is 16.7. The van der Waals surface area contributed by atoms with Gasteiger partial charge in [0.1, 0.15) is 12.2 Å². The van der Waals surface area contributed by atoms with Gasteiger partial charge in [0, 0.05) is 52.2 Å². The van der Waals surface area contributed by atoms with Gasteiger partial charge < -0.3 is 52.1 Å². The zero-order chi connectivity index (χ0) is 36.8. The predicted molar refractivity (Wildman–Crippen MR) is 198 cm³/mol. The number of methoxy groups -OCH3 is 1. The van der Waals surface area contributed by atoms with Crippen LogP contribution in [0.2, 0.25) is 0 Å². The Morgan fingerprint density at radius 3 is 1.89 bits per heavy atom. The Hall–Kier alpha value is -2.00. The third kappa shape index (κ3) is 7.81. The number of hydrogen-bond acceptors (Lipinski definition) is 11. The summed E-state index contributed by atoms with van der Waals surface area (Å²) in [5.74, 6) is -0.884. The second-order valence-corrected chi connectivity index (χ2v) is 17.1. The molecule has 8 fully saturated rings. The van der Waals surface area contributed by atoms with Crippen LogP contribution in [0.15, 0.2) is 60.7 Å².